The Morgan fingerprint density at radius 2 is 2.06 bits per heavy atom. The maximum atomic E-state index is 13.0. The summed E-state index contributed by atoms with van der Waals surface area (Å²) in [5.74, 6) is -0.329. The highest BCUT2D eigenvalue weighted by atomic mass is 19.1. The molecule has 0 radical (unpaired) electrons. The van der Waals surface area contributed by atoms with Crippen molar-refractivity contribution in [2.45, 2.75) is 5.60 Å². The molecule has 0 amide bonds. The van der Waals surface area contributed by atoms with Crippen molar-refractivity contribution in [3.8, 4) is 0 Å². The molecule has 3 heteroatoms. The van der Waals surface area contributed by atoms with E-state index in [9.17, 15) is 9.18 Å². The Balaban J connectivity index is 2.14. The fraction of sp³-hybridized carbons (Fsp3) is 0.133. The van der Waals surface area contributed by atoms with E-state index in [0.717, 1.165) is 17.4 Å². The first-order chi connectivity index (χ1) is 8.76. The number of hydrogen-bond acceptors (Lipinski definition) is 2. The standard InChI is InChI=1S/C15H11FO2/c16-13-6-4-12(5-7-13)15(10-17)14-3-1-2-11(14)8-9-18-15/h1-8,10H,9H2. The highest BCUT2D eigenvalue weighted by Gasteiger charge is 2.41. The zero-order chi connectivity index (χ0) is 12.6. The van der Waals surface area contributed by atoms with Gasteiger partial charge in [-0.25, -0.2) is 4.39 Å². The summed E-state index contributed by atoms with van der Waals surface area (Å²) in [5.41, 5.74) is 1.36. The molecule has 1 aromatic carbocycles. The van der Waals surface area contributed by atoms with Gasteiger partial charge < -0.3 is 4.74 Å². The maximum Gasteiger partial charge on any atom is 0.174 e. The predicted molar refractivity (Wildman–Crippen MR) is 65.4 cm³/mol. The minimum absolute atomic E-state index is 0.329. The SMILES string of the molecule is O=CC1(c2ccc(F)cc2)OCC=C2C=CC=C21. The third kappa shape index (κ3) is 1.48. The summed E-state index contributed by atoms with van der Waals surface area (Å²) in [7, 11) is 0. The molecule has 2 aliphatic rings. The molecule has 1 heterocycles. The molecular formula is C15H11FO2. The van der Waals surface area contributed by atoms with E-state index in [4.69, 9.17) is 4.74 Å². The summed E-state index contributed by atoms with van der Waals surface area (Å²) < 4.78 is 18.7. The molecule has 0 saturated heterocycles. The van der Waals surface area contributed by atoms with Gasteiger partial charge in [0.1, 0.15) is 5.82 Å². The number of carbonyl (C=O) groups excluding carboxylic acids is 1. The number of rotatable bonds is 2. The van der Waals surface area contributed by atoms with Crippen molar-refractivity contribution < 1.29 is 13.9 Å². The second-order valence-electron chi connectivity index (χ2n) is 4.27. The number of halogens is 1. The second-order valence-corrected chi connectivity index (χ2v) is 4.27. The minimum Gasteiger partial charge on any atom is -0.354 e. The molecule has 18 heavy (non-hydrogen) atoms. The lowest BCUT2D eigenvalue weighted by Gasteiger charge is -2.34. The normalized spacial score (nSPS) is 25.4. The molecule has 0 aromatic heterocycles. The molecule has 90 valence electrons. The molecule has 1 atom stereocenters. The Morgan fingerprint density at radius 1 is 1.28 bits per heavy atom. The van der Waals surface area contributed by atoms with Gasteiger partial charge in [-0.1, -0.05) is 36.4 Å². The topological polar surface area (TPSA) is 26.3 Å². The summed E-state index contributed by atoms with van der Waals surface area (Å²) in [4.78, 5) is 11.6. The van der Waals surface area contributed by atoms with Crippen molar-refractivity contribution in [1.82, 2.24) is 0 Å². The summed E-state index contributed by atoms with van der Waals surface area (Å²) in [6.45, 7) is 0.368. The van der Waals surface area contributed by atoms with Gasteiger partial charge >= 0.3 is 0 Å². The van der Waals surface area contributed by atoms with E-state index in [2.05, 4.69) is 0 Å². The Morgan fingerprint density at radius 3 is 2.78 bits per heavy atom. The number of ether oxygens (including phenoxy) is 1. The van der Waals surface area contributed by atoms with Crippen LogP contribution in [0.4, 0.5) is 4.39 Å². The second kappa shape index (κ2) is 4.03. The van der Waals surface area contributed by atoms with Gasteiger partial charge in [0.05, 0.1) is 6.61 Å². The fourth-order valence-electron chi connectivity index (χ4n) is 2.39. The highest BCUT2D eigenvalue weighted by molar-refractivity contribution is 5.78. The van der Waals surface area contributed by atoms with Crippen molar-refractivity contribution in [2.75, 3.05) is 6.61 Å². The Bertz CT molecular complexity index is 581. The van der Waals surface area contributed by atoms with Crippen LogP contribution in [-0.4, -0.2) is 12.9 Å². The summed E-state index contributed by atoms with van der Waals surface area (Å²) in [5, 5.41) is 0. The maximum absolute atomic E-state index is 13.0. The van der Waals surface area contributed by atoms with Crippen LogP contribution < -0.4 is 0 Å². The molecule has 3 rings (SSSR count). The lowest BCUT2D eigenvalue weighted by atomic mass is 9.82. The lowest BCUT2D eigenvalue weighted by molar-refractivity contribution is -0.126. The van der Waals surface area contributed by atoms with Gasteiger partial charge in [0.2, 0.25) is 0 Å². The van der Waals surface area contributed by atoms with Gasteiger partial charge in [-0.15, -0.1) is 0 Å². The van der Waals surface area contributed by atoms with Crippen LogP contribution >= 0.6 is 0 Å². The van der Waals surface area contributed by atoms with Gasteiger partial charge in [0.15, 0.2) is 11.9 Å². The zero-order valence-electron chi connectivity index (χ0n) is 9.60. The average Bonchev–Trinajstić information content (AvgIpc) is 2.88. The first kappa shape index (κ1) is 11.1. The van der Waals surface area contributed by atoms with E-state index in [1.165, 1.54) is 12.1 Å². The highest BCUT2D eigenvalue weighted by Crippen LogP contribution is 2.41. The van der Waals surface area contributed by atoms with E-state index in [-0.39, 0.29) is 5.82 Å². The molecule has 1 aromatic rings. The first-order valence-electron chi connectivity index (χ1n) is 5.72. The number of hydrogen-bond donors (Lipinski definition) is 0. The van der Waals surface area contributed by atoms with Gasteiger partial charge in [0.25, 0.3) is 0 Å². The predicted octanol–water partition coefficient (Wildman–Crippen LogP) is 2.67. The van der Waals surface area contributed by atoms with E-state index >= 15 is 0 Å². The third-order valence-electron chi connectivity index (χ3n) is 3.30. The molecule has 0 bridgehead atoms. The van der Waals surface area contributed by atoms with Crippen molar-refractivity contribution >= 4 is 6.29 Å². The van der Waals surface area contributed by atoms with Gasteiger partial charge in [-0.2, -0.15) is 0 Å². The van der Waals surface area contributed by atoms with E-state index in [1.54, 1.807) is 12.1 Å². The summed E-state index contributed by atoms with van der Waals surface area (Å²) in [6, 6.07) is 5.85. The lowest BCUT2D eigenvalue weighted by Crippen LogP contribution is -2.36. The Kier molecular flexibility index (Phi) is 2.49. The van der Waals surface area contributed by atoms with Gasteiger partial charge in [-0.05, 0) is 23.3 Å². The largest absolute Gasteiger partial charge is 0.354 e. The number of fused-ring (bicyclic) bond motifs is 1. The van der Waals surface area contributed by atoms with Crippen molar-refractivity contribution in [3.05, 3.63) is 71.1 Å². The van der Waals surface area contributed by atoms with Crippen LogP contribution in [0, 0.1) is 5.82 Å². The average molecular weight is 242 g/mol. The number of carbonyl (C=O) groups is 1. The zero-order valence-corrected chi connectivity index (χ0v) is 9.60. The Labute approximate surface area is 104 Å². The number of aldehydes is 1. The van der Waals surface area contributed by atoms with E-state index in [1.807, 2.05) is 24.3 Å². The van der Waals surface area contributed by atoms with Crippen molar-refractivity contribution in [3.63, 3.8) is 0 Å². The smallest absolute Gasteiger partial charge is 0.174 e. The van der Waals surface area contributed by atoms with Gasteiger partial charge in [-0.3, -0.25) is 4.79 Å². The van der Waals surface area contributed by atoms with Crippen LogP contribution in [0.5, 0.6) is 0 Å². The molecule has 0 spiro atoms. The van der Waals surface area contributed by atoms with E-state index in [0.29, 0.717) is 12.2 Å². The van der Waals surface area contributed by atoms with E-state index < -0.39 is 5.60 Å². The molecule has 1 aliphatic heterocycles. The molecule has 2 nitrogen and oxygen atoms in total. The molecule has 1 aliphatic carbocycles. The number of benzene rings is 1. The van der Waals surface area contributed by atoms with Crippen LogP contribution in [0.25, 0.3) is 0 Å². The molecular weight excluding hydrogens is 231 g/mol. The summed E-state index contributed by atoms with van der Waals surface area (Å²) >= 11 is 0. The fourth-order valence-corrected chi connectivity index (χ4v) is 2.39. The van der Waals surface area contributed by atoms with Gasteiger partial charge in [0, 0.05) is 5.57 Å². The summed E-state index contributed by atoms with van der Waals surface area (Å²) in [6.07, 6.45) is 8.41. The van der Waals surface area contributed by atoms with Crippen molar-refractivity contribution in [2.24, 2.45) is 0 Å². The monoisotopic (exact) mass is 242 g/mol. The van der Waals surface area contributed by atoms with Crippen LogP contribution in [-0.2, 0) is 15.1 Å². The van der Waals surface area contributed by atoms with Crippen LogP contribution in [0.1, 0.15) is 5.56 Å². The number of allylic oxidation sites excluding steroid dienone is 3. The first-order valence-corrected chi connectivity index (χ1v) is 5.72. The Hall–Kier alpha value is -2.00. The van der Waals surface area contributed by atoms with Crippen molar-refractivity contribution in [1.29, 1.82) is 0 Å². The third-order valence-corrected chi connectivity index (χ3v) is 3.30. The molecule has 0 N–H and O–H groups in total. The van der Waals surface area contributed by atoms with Crippen LogP contribution in [0.15, 0.2) is 59.7 Å². The van der Waals surface area contributed by atoms with Crippen LogP contribution in [0.3, 0.4) is 0 Å². The quantitative estimate of drug-likeness (QED) is 0.745. The molecule has 1 unspecified atom stereocenters. The minimum atomic E-state index is -1.11. The van der Waals surface area contributed by atoms with Crippen LogP contribution in [0.2, 0.25) is 0 Å². The molecule has 0 fully saturated rings. The molecule has 0 saturated carbocycles.